The van der Waals surface area contributed by atoms with Gasteiger partial charge < -0.3 is 20.3 Å². The lowest BCUT2D eigenvalue weighted by Crippen LogP contribution is -2.33. The first kappa shape index (κ1) is 25.4. The Hall–Kier alpha value is -3.20. The molecular weight excluding hydrogens is 501 g/mol. The Morgan fingerprint density at radius 2 is 1.94 bits per heavy atom. The second-order valence-electron chi connectivity index (χ2n) is 6.74. The molecule has 0 saturated heterocycles. The highest BCUT2D eigenvalue weighted by Gasteiger charge is 2.28. The van der Waals surface area contributed by atoms with Crippen LogP contribution in [0.1, 0.15) is 32.8 Å². The zero-order valence-corrected chi connectivity index (χ0v) is 18.8. The molecule has 3 aromatic rings. The van der Waals surface area contributed by atoms with E-state index in [-0.39, 0.29) is 27.8 Å². The van der Waals surface area contributed by atoms with Crippen molar-refractivity contribution in [3.05, 3.63) is 64.8 Å². The van der Waals surface area contributed by atoms with Gasteiger partial charge in [-0.05, 0) is 29.4 Å². The van der Waals surface area contributed by atoms with Crippen LogP contribution in [0.2, 0.25) is 5.02 Å². The van der Waals surface area contributed by atoms with Crippen molar-refractivity contribution in [3.8, 4) is 5.82 Å². The van der Waals surface area contributed by atoms with Gasteiger partial charge in [0.25, 0.3) is 11.8 Å². The van der Waals surface area contributed by atoms with E-state index in [2.05, 4.69) is 20.4 Å². The molecule has 2 unspecified atom stereocenters. The number of aromatic nitrogens is 4. The second-order valence-corrected chi connectivity index (χ2v) is 8.55. The molecule has 0 aliphatic rings. The van der Waals surface area contributed by atoms with Crippen LogP contribution < -0.4 is 10.6 Å². The molecule has 0 fully saturated rings. The Morgan fingerprint density at radius 1 is 1.21 bits per heavy atom. The fraction of sp³-hybridized carbons (Fsp3) is 0.211. The zero-order valence-electron chi connectivity index (χ0n) is 17.2. The van der Waals surface area contributed by atoms with Crippen LogP contribution in [-0.4, -0.2) is 60.2 Å². The summed E-state index contributed by atoms with van der Waals surface area (Å²) in [7, 11) is 0. The van der Waals surface area contributed by atoms with Crippen LogP contribution in [0.5, 0.6) is 0 Å². The topological polar surface area (TPSA) is 145 Å². The number of benzene rings is 1. The Bertz CT molecular complexity index is 1190. The Kier molecular flexibility index (Phi) is 7.76. The van der Waals surface area contributed by atoms with Crippen LogP contribution in [0.4, 0.5) is 13.2 Å². The Balaban J connectivity index is 1.74. The number of hydrogen-bond acceptors (Lipinski definition) is 7. The maximum absolute atomic E-state index is 12.6. The summed E-state index contributed by atoms with van der Waals surface area (Å²) in [6.45, 7) is -1.49. The third-order valence-electron chi connectivity index (χ3n) is 4.23. The van der Waals surface area contributed by atoms with Crippen LogP contribution in [-0.2, 0) is 11.2 Å². The number of rotatable bonds is 7. The van der Waals surface area contributed by atoms with Crippen molar-refractivity contribution in [3.63, 3.8) is 0 Å². The number of hydrogen-bond donors (Lipinski definition) is 3. The van der Waals surface area contributed by atoms with Gasteiger partial charge in [-0.25, -0.2) is 9.97 Å². The number of aliphatic hydroxyl groups excluding tert-OH is 1. The molecule has 3 N–H and O–H groups in total. The molecule has 0 aliphatic carbocycles. The lowest BCUT2D eigenvalue weighted by atomic mass is 10.2. The molecule has 0 aliphatic heterocycles. The summed E-state index contributed by atoms with van der Waals surface area (Å²) in [4.78, 5) is 32.5. The van der Waals surface area contributed by atoms with E-state index in [0.717, 1.165) is 17.2 Å². The number of aliphatic hydroxyl groups is 1. The van der Waals surface area contributed by atoms with Gasteiger partial charge in [0.2, 0.25) is 0 Å². The van der Waals surface area contributed by atoms with Crippen molar-refractivity contribution in [1.29, 1.82) is 0 Å². The van der Waals surface area contributed by atoms with Gasteiger partial charge in [-0.15, -0.1) is 0 Å². The van der Waals surface area contributed by atoms with E-state index in [1.807, 2.05) is 0 Å². The van der Waals surface area contributed by atoms with Crippen LogP contribution in [0.15, 0.2) is 47.8 Å². The summed E-state index contributed by atoms with van der Waals surface area (Å²) in [5.41, 5.74) is -0.0799. The average Bonchev–Trinajstić information content (AvgIpc) is 3.26. The van der Waals surface area contributed by atoms with Gasteiger partial charge in [0.1, 0.15) is 19.1 Å². The monoisotopic (exact) mass is 516 g/mol. The molecule has 180 valence electrons. The molecule has 15 heteroatoms. The Morgan fingerprint density at radius 3 is 2.56 bits per heavy atom. The van der Waals surface area contributed by atoms with Gasteiger partial charge in [0.05, 0.1) is 5.56 Å². The third kappa shape index (κ3) is 6.44. The van der Waals surface area contributed by atoms with E-state index in [9.17, 15) is 32.4 Å². The standard InChI is InChI=1S/C19H16ClF3N6O4S/c1-34(33)13-5-11(4-12(20)6-13)17(31)28-18(32)15-26-9-27-29(15)14-3-2-10(7-24-14)16(30)25-8-19(21,22)23/h2-7,9,18,32H,8H2,1H3,(H,25,30)(H,28,31). The molecule has 2 amide bonds. The fourth-order valence-corrected chi connectivity index (χ4v) is 3.56. The summed E-state index contributed by atoms with van der Waals surface area (Å²) in [5, 5.41) is 18.6. The minimum Gasteiger partial charge on any atom is -0.612 e. The first-order chi connectivity index (χ1) is 15.9. The largest absolute Gasteiger partial charge is 0.612 e. The van der Waals surface area contributed by atoms with Crippen molar-refractivity contribution in [2.45, 2.75) is 17.3 Å². The molecule has 10 nitrogen and oxygen atoms in total. The summed E-state index contributed by atoms with van der Waals surface area (Å²) < 4.78 is 49.5. The van der Waals surface area contributed by atoms with Crippen molar-refractivity contribution in [1.82, 2.24) is 30.4 Å². The van der Waals surface area contributed by atoms with E-state index in [4.69, 9.17) is 11.6 Å². The first-order valence-electron chi connectivity index (χ1n) is 9.29. The molecule has 0 bridgehead atoms. The summed E-state index contributed by atoms with van der Waals surface area (Å²) in [6.07, 6.45) is -2.69. The molecule has 1 aromatic carbocycles. The zero-order chi connectivity index (χ0) is 25.0. The van der Waals surface area contributed by atoms with Crippen molar-refractivity contribution >= 4 is 34.6 Å². The van der Waals surface area contributed by atoms with E-state index < -0.39 is 41.9 Å². The minimum atomic E-state index is -4.56. The highest BCUT2D eigenvalue weighted by atomic mass is 35.5. The maximum atomic E-state index is 12.6. The molecule has 2 atom stereocenters. The predicted octanol–water partition coefficient (Wildman–Crippen LogP) is 1.77. The maximum Gasteiger partial charge on any atom is 0.405 e. The summed E-state index contributed by atoms with van der Waals surface area (Å²) in [6, 6.07) is 6.62. The number of halogens is 4. The average molecular weight is 517 g/mol. The number of nitrogens with one attached hydrogen (secondary N) is 2. The predicted molar refractivity (Wildman–Crippen MR) is 114 cm³/mol. The smallest absolute Gasteiger partial charge is 0.405 e. The highest BCUT2D eigenvalue weighted by molar-refractivity contribution is 7.90. The van der Waals surface area contributed by atoms with E-state index in [1.165, 1.54) is 36.6 Å². The highest BCUT2D eigenvalue weighted by Crippen LogP contribution is 2.20. The first-order valence-corrected chi connectivity index (χ1v) is 11.2. The number of carbonyl (C=O) groups excluding carboxylic acids is 2. The number of alkyl halides is 3. The molecule has 0 saturated carbocycles. The van der Waals surface area contributed by atoms with Crippen LogP contribution in [0, 0.1) is 0 Å². The van der Waals surface area contributed by atoms with Crippen molar-refractivity contribution in [2.24, 2.45) is 0 Å². The lowest BCUT2D eigenvalue weighted by Gasteiger charge is -2.14. The molecule has 2 aromatic heterocycles. The molecule has 0 radical (unpaired) electrons. The van der Waals surface area contributed by atoms with Gasteiger partial charge in [0, 0.05) is 28.9 Å². The second kappa shape index (κ2) is 10.4. The number of nitrogens with zero attached hydrogens (tertiary/aromatic N) is 4. The molecule has 34 heavy (non-hydrogen) atoms. The van der Waals surface area contributed by atoms with Crippen molar-refractivity contribution < 1.29 is 32.4 Å². The number of pyridine rings is 1. The fourth-order valence-electron chi connectivity index (χ4n) is 2.67. The molecule has 2 heterocycles. The molecule has 0 spiro atoms. The third-order valence-corrected chi connectivity index (χ3v) is 5.35. The summed E-state index contributed by atoms with van der Waals surface area (Å²) >= 11 is 4.57. The van der Waals surface area contributed by atoms with E-state index >= 15 is 0 Å². The number of amides is 2. The minimum absolute atomic E-state index is 0.0511. The van der Waals surface area contributed by atoms with Crippen LogP contribution >= 0.6 is 11.6 Å². The van der Waals surface area contributed by atoms with Gasteiger partial charge in [-0.1, -0.05) is 11.6 Å². The van der Waals surface area contributed by atoms with Gasteiger partial charge >= 0.3 is 6.18 Å². The quantitative estimate of drug-likeness (QED) is 0.320. The SMILES string of the molecule is C[S+]([O-])c1cc(Cl)cc(C(=O)NC(O)c2ncnn2-c2ccc(C(=O)NCC(F)(F)F)cn2)c1. The molecule has 3 rings (SSSR count). The lowest BCUT2D eigenvalue weighted by molar-refractivity contribution is -0.123. The van der Waals surface area contributed by atoms with Gasteiger partial charge in [0.15, 0.2) is 22.8 Å². The van der Waals surface area contributed by atoms with Crippen LogP contribution in [0.3, 0.4) is 0 Å². The normalized spacial score (nSPS) is 13.3. The van der Waals surface area contributed by atoms with E-state index in [0.29, 0.717) is 4.90 Å². The van der Waals surface area contributed by atoms with Gasteiger partial charge in [-0.3, -0.25) is 9.59 Å². The Labute approximate surface area is 198 Å². The van der Waals surface area contributed by atoms with Crippen LogP contribution in [0.25, 0.3) is 5.82 Å². The summed E-state index contributed by atoms with van der Waals surface area (Å²) in [5.74, 6) is -1.78. The number of carbonyl (C=O) groups is 2. The van der Waals surface area contributed by atoms with E-state index in [1.54, 1.807) is 5.32 Å². The van der Waals surface area contributed by atoms with Gasteiger partial charge in [-0.2, -0.15) is 23.0 Å². The van der Waals surface area contributed by atoms with Crippen molar-refractivity contribution in [2.75, 3.05) is 12.8 Å². The molecular formula is C19H16ClF3N6O4S.